The molecule has 0 aromatic heterocycles. The summed E-state index contributed by atoms with van der Waals surface area (Å²) in [5.74, 6) is -9.47. The molecular formula is C40H73N9O12. The summed E-state index contributed by atoms with van der Waals surface area (Å²) in [6, 6.07) is -8.81. The van der Waals surface area contributed by atoms with Gasteiger partial charge in [0, 0.05) is 0 Å². The van der Waals surface area contributed by atoms with Crippen LogP contribution >= 0.6 is 0 Å². The van der Waals surface area contributed by atoms with Crippen LogP contribution < -0.4 is 48.3 Å². The molecule has 8 amide bonds. The first kappa shape index (κ1) is 56.1. The van der Waals surface area contributed by atoms with Crippen molar-refractivity contribution in [3.63, 3.8) is 0 Å². The SMILES string of the molecule is CCC(C)C(NC(=O)CNC(=O)C(NC(=O)C(N)C(C)C)C(C)O)C(=O)NCC(=O)NC(C(=O)NC(CC(C)C)C(=O)NC(C(=O)NC(C(=O)O)C(C)C)C(C)O)C(C)CC. The molecule has 0 saturated heterocycles. The van der Waals surface area contributed by atoms with E-state index in [1.54, 1.807) is 69.2 Å². The van der Waals surface area contributed by atoms with Crippen LogP contribution in [0.2, 0.25) is 0 Å². The molecule has 0 aromatic carbocycles. The van der Waals surface area contributed by atoms with Gasteiger partial charge in [-0.05, 0) is 49.9 Å². The zero-order chi connectivity index (χ0) is 47.5. The molecule has 0 aliphatic rings. The number of carboxylic acid groups (broad SMARTS) is 1. The molecule has 13 N–H and O–H groups in total. The number of amides is 8. The topological polar surface area (TPSA) is 337 Å². The van der Waals surface area contributed by atoms with Crippen molar-refractivity contribution in [1.29, 1.82) is 0 Å². The highest BCUT2D eigenvalue weighted by atomic mass is 16.4. The fourth-order valence-corrected chi connectivity index (χ4v) is 5.75. The van der Waals surface area contributed by atoms with Crippen molar-refractivity contribution in [2.45, 2.75) is 157 Å². The van der Waals surface area contributed by atoms with Gasteiger partial charge < -0.3 is 63.6 Å². The molecule has 0 radical (unpaired) electrons. The van der Waals surface area contributed by atoms with Gasteiger partial charge in [0.25, 0.3) is 0 Å². The zero-order valence-corrected chi connectivity index (χ0v) is 37.7. The molecule has 0 aliphatic carbocycles. The largest absolute Gasteiger partial charge is 0.480 e. The maximum Gasteiger partial charge on any atom is 0.326 e. The van der Waals surface area contributed by atoms with Crippen LogP contribution in [0.15, 0.2) is 0 Å². The van der Waals surface area contributed by atoms with Crippen LogP contribution in [0.3, 0.4) is 0 Å². The zero-order valence-electron chi connectivity index (χ0n) is 37.7. The lowest BCUT2D eigenvalue weighted by molar-refractivity contribution is -0.144. The second-order valence-electron chi connectivity index (χ2n) is 16.8. The predicted octanol–water partition coefficient (Wildman–Crippen LogP) is -2.25. The molecule has 0 heterocycles. The van der Waals surface area contributed by atoms with Crippen molar-refractivity contribution in [3.8, 4) is 0 Å². The number of aliphatic carboxylic acids is 1. The Morgan fingerprint density at radius 1 is 0.475 bits per heavy atom. The van der Waals surface area contributed by atoms with Gasteiger partial charge in [-0.3, -0.25) is 38.4 Å². The Balaban J connectivity index is 5.84. The molecule has 61 heavy (non-hydrogen) atoms. The second-order valence-corrected chi connectivity index (χ2v) is 16.8. The smallest absolute Gasteiger partial charge is 0.326 e. The Morgan fingerprint density at radius 3 is 1.23 bits per heavy atom. The van der Waals surface area contributed by atoms with E-state index in [0.717, 1.165) is 0 Å². The number of carboxylic acids is 1. The highest BCUT2D eigenvalue weighted by Crippen LogP contribution is 2.13. The minimum atomic E-state index is -1.56. The maximum absolute atomic E-state index is 13.7. The molecule has 0 aliphatic heterocycles. The van der Waals surface area contributed by atoms with Gasteiger partial charge in [0.05, 0.1) is 31.3 Å². The van der Waals surface area contributed by atoms with Crippen molar-refractivity contribution in [3.05, 3.63) is 0 Å². The molecule has 0 bridgehead atoms. The standard InChI is InChI=1S/C40H73N9O12/c1-13-21(9)30(45-26(52)17-43-37(57)32(23(11)50)49-35(55)28(41)19(5)6)36(56)42-16-27(53)46-31(22(10)14-2)38(58)44-25(15-18(3)4)34(54)48-33(24(12)51)39(59)47-29(20(7)8)40(60)61/h18-25,28-33,50-51H,13-17,41H2,1-12H3,(H,42,56)(H,43,57)(H,44,58)(H,45,52)(H,46,53)(H,47,59)(H,48,54)(H,49,55)(H,60,61). The number of aliphatic hydroxyl groups excluding tert-OH is 2. The van der Waals surface area contributed by atoms with Crippen LogP contribution in [0.1, 0.15) is 102 Å². The Morgan fingerprint density at radius 2 is 0.852 bits per heavy atom. The summed E-state index contributed by atoms with van der Waals surface area (Å²) in [5, 5.41) is 49.6. The molecule has 0 spiro atoms. The van der Waals surface area contributed by atoms with E-state index < -0.39 is 139 Å². The lowest BCUT2D eigenvalue weighted by Gasteiger charge is -2.29. The summed E-state index contributed by atoms with van der Waals surface area (Å²) in [4.78, 5) is 117. The molecule has 11 unspecified atom stereocenters. The Hall–Kier alpha value is -4.89. The number of carbonyl (C=O) groups is 9. The normalized spacial score (nSPS) is 16.8. The molecule has 11 atom stereocenters. The summed E-state index contributed by atoms with van der Waals surface area (Å²) < 4.78 is 0. The number of nitrogens with one attached hydrogen (secondary N) is 8. The quantitative estimate of drug-likeness (QED) is 0.0416. The first-order chi connectivity index (χ1) is 28.2. The second kappa shape index (κ2) is 27.1. The van der Waals surface area contributed by atoms with E-state index in [1.165, 1.54) is 13.8 Å². The molecule has 0 aromatic rings. The van der Waals surface area contributed by atoms with Gasteiger partial charge in [0.1, 0.15) is 36.3 Å². The van der Waals surface area contributed by atoms with Crippen molar-refractivity contribution in [2.75, 3.05) is 13.1 Å². The predicted molar refractivity (Wildman–Crippen MR) is 225 cm³/mol. The van der Waals surface area contributed by atoms with Crippen LogP contribution in [0.5, 0.6) is 0 Å². The van der Waals surface area contributed by atoms with Gasteiger partial charge in [0.15, 0.2) is 0 Å². The lowest BCUT2D eigenvalue weighted by Crippen LogP contribution is -2.61. The number of rotatable bonds is 27. The lowest BCUT2D eigenvalue weighted by atomic mass is 9.96. The highest BCUT2D eigenvalue weighted by Gasteiger charge is 2.36. The van der Waals surface area contributed by atoms with E-state index in [9.17, 15) is 58.5 Å². The monoisotopic (exact) mass is 872 g/mol. The fourth-order valence-electron chi connectivity index (χ4n) is 5.75. The third-order valence-corrected chi connectivity index (χ3v) is 10.2. The fraction of sp³-hybridized carbons (Fsp3) is 0.775. The van der Waals surface area contributed by atoms with E-state index in [4.69, 9.17) is 5.73 Å². The van der Waals surface area contributed by atoms with Gasteiger partial charge in [0.2, 0.25) is 47.3 Å². The molecular weight excluding hydrogens is 798 g/mol. The number of carbonyl (C=O) groups excluding carboxylic acids is 8. The van der Waals surface area contributed by atoms with Crippen LogP contribution in [0, 0.1) is 29.6 Å². The van der Waals surface area contributed by atoms with Crippen LogP contribution in [0.4, 0.5) is 0 Å². The molecule has 350 valence electrons. The average Bonchev–Trinajstić information content (AvgIpc) is 3.17. The van der Waals surface area contributed by atoms with Crippen molar-refractivity contribution in [1.82, 2.24) is 42.5 Å². The summed E-state index contributed by atoms with van der Waals surface area (Å²) >= 11 is 0. The van der Waals surface area contributed by atoms with Crippen molar-refractivity contribution >= 4 is 53.2 Å². The molecule has 0 saturated carbocycles. The Bertz CT molecular complexity index is 1510. The van der Waals surface area contributed by atoms with E-state index in [2.05, 4.69) is 42.5 Å². The van der Waals surface area contributed by atoms with Crippen molar-refractivity contribution in [2.24, 2.45) is 35.3 Å². The third kappa shape index (κ3) is 19.6. The van der Waals surface area contributed by atoms with E-state index in [0.29, 0.717) is 12.8 Å². The maximum atomic E-state index is 13.7. The third-order valence-electron chi connectivity index (χ3n) is 10.2. The van der Waals surface area contributed by atoms with Crippen LogP contribution in [0.25, 0.3) is 0 Å². The number of aliphatic hydroxyl groups is 2. The molecule has 0 fully saturated rings. The number of hydrogen-bond donors (Lipinski definition) is 12. The minimum absolute atomic E-state index is 0.0871. The van der Waals surface area contributed by atoms with E-state index in [-0.39, 0.29) is 18.3 Å². The Kier molecular flexibility index (Phi) is 25.0. The van der Waals surface area contributed by atoms with Gasteiger partial charge in [-0.25, -0.2) is 4.79 Å². The van der Waals surface area contributed by atoms with Gasteiger partial charge in [-0.15, -0.1) is 0 Å². The van der Waals surface area contributed by atoms with E-state index in [1.807, 2.05) is 0 Å². The first-order valence-corrected chi connectivity index (χ1v) is 20.9. The van der Waals surface area contributed by atoms with Crippen LogP contribution in [-0.4, -0.2) is 136 Å². The number of nitrogens with two attached hydrogens (primary N) is 1. The summed E-state index contributed by atoms with van der Waals surface area (Å²) in [6.07, 6.45) is -1.85. The minimum Gasteiger partial charge on any atom is -0.480 e. The molecule has 21 nitrogen and oxygen atoms in total. The molecule has 21 heteroatoms. The molecule has 0 rings (SSSR count). The van der Waals surface area contributed by atoms with E-state index >= 15 is 0 Å². The van der Waals surface area contributed by atoms with Gasteiger partial charge in [-0.2, -0.15) is 0 Å². The highest BCUT2D eigenvalue weighted by molar-refractivity contribution is 5.97. The summed E-state index contributed by atoms with van der Waals surface area (Å²) in [6.45, 7) is 18.3. The van der Waals surface area contributed by atoms with Crippen molar-refractivity contribution < 1.29 is 58.5 Å². The summed E-state index contributed by atoms with van der Waals surface area (Å²) in [5.41, 5.74) is 5.83. The van der Waals surface area contributed by atoms with Gasteiger partial charge >= 0.3 is 5.97 Å². The van der Waals surface area contributed by atoms with Crippen LogP contribution in [-0.2, 0) is 43.2 Å². The number of hydrogen-bond acceptors (Lipinski definition) is 12. The van der Waals surface area contributed by atoms with Gasteiger partial charge in [-0.1, -0.05) is 82.1 Å². The Labute approximate surface area is 359 Å². The summed E-state index contributed by atoms with van der Waals surface area (Å²) in [7, 11) is 0. The first-order valence-electron chi connectivity index (χ1n) is 20.9. The average molecular weight is 872 g/mol.